The molecule has 0 amide bonds. The van der Waals surface area contributed by atoms with E-state index < -0.39 is 0 Å². The van der Waals surface area contributed by atoms with Crippen molar-refractivity contribution in [2.75, 3.05) is 0 Å². The predicted molar refractivity (Wildman–Crippen MR) is 63.9 cm³/mol. The molecule has 1 heterocycles. The number of nitrogens with one attached hydrogen (secondary N) is 1. The van der Waals surface area contributed by atoms with Crippen molar-refractivity contribution in [1.82, 2.24) is 15.2 Å². The van der Waals surface area contributed by atoms with Crippen LogP contribution in [0.5, 0.6) is 0 Å². The fraction of sp³-hybridized carbons (Fsp3) is 0.200. The number of H-pyrrole nitrogens is 1. The average molecular weight is 287 g/mol. The van der Waals surface area contributed by atoms with Crippen LogP contribution in [0.4, 0.5) is 0 Å². The number of aromatic nitrogens is 3. The first-order chi connectivity index (χ1) is 7.20. The molecular formula is C10H9BrClN3. The van der Waals surface area contributed by atoms with Crippen molar-refractivity contribution in [3.05, 3.63) is 33.5 Å². The number of aryl methyl sites for hydroxylation is 1. The van der Waals surface area contributed by atoms with E-state index in [1.165, 1.54) is 0 Å². The summed E-state index contributed by atoms with van der Waals surface area (Å²) in [6, 6.07) is 5.55. The van der Waals surface area contributed by atoms with Crippen LogP contribution in [0.1, 0.15) is 12.7 Å². The quantitative estimate of drug-likeness (QED) is 0.918. The summed E-state index contributed by atoms with van der Waals surface area (Å²) in [5.74, 6) is 1.54. The maximum Gasteiger partial charge on any atom is 0.182 e. The monoisotopic (exact) mass is 285 g/mol. The molecule has 1 aromatic heterocycles. The van der Waals surface area contributed by atoms with Crippen LogP contribution in [-0.4, -0.2) is 15.2 Å². The average Bonchev–Trinajstić information content (AvgIpc) is 2.70. The molecule has 2 aromatic rings. The molecule has 5 heteroatoms. The topological polar surface area (TPSA) is 41.6 Å². The fourth-order valence-electron chi connectivity index (χ4n) is 1.24. The van der Waals surface area contributed by atoms with Crippen LogP contribution in [0.15, 0.2) is 22.7 Å². The first kappa shape index (κ1) is 10.6. The van der Waals surface area contributed by atoms with Gasteiger partial charge in [0.25, 0.3) is 0 Å². The lowest BCUT2D eigenvalue weighted by atomic mass is 10.2. The molecule has 1 N–H and O–H groups in total. The summed E-state index contributed by atoms with van der Waals surface area (Å²) in [7, 11) is 0. The van der Waals surface area contributed by atoms with Gasteiger partial charge in [-0.15, -0.1) is 0 Å². The second-order valence-corrected chi connectivity index (χ2v) is 4.37. The molecule has 0 radical (unpaired) electrons. The van der Waals surface area contributed by atoms with Gasteiger partial charge in [0.1, 0.15) is 5.82 Å². The van der Waals surface area contributed by atoms with Crippen LogP contribution in [0.25, 0.3) is 11.4 Å². The molecule has 2 rings (SSSR count). The fourth-order valence-corrected chi connectivity index (χ4v) is 1.84. The van der Waals surface area contributed by atoms with E-state index in [2.05, 4.69) is 31.1 Å². The Morgan fingerprint density at radius 2 is 2.27 bits per heavy atom. The minimum atomic E-state index is 0.668. The normalized spacial score (nSPS) is 10.6. The highest BCUT2D eigenvalue weighted by molar-refractivity contribution is 9.10. The van der Waals surface area contributed by atoms with E-state index in [0.717, 1.165) is 22.3 Å². The zero-order valence-corrected chi connectivity index (χ0v) is 10.4. The van der Waals surface area contributed by atoms with E-state index in [-0.39, 0.29) is 0 Å². The Morgan fingerprint density at radius 1 is 1.47 bits per heavy atom. The minimum Gasteiger partial charge on any atom is -0.263 e. The SMILES string of the molecule is CCc1nc(-c2cc(Cl)ccc2Br)n[nH]1. The van der Waals surface area contributed by atoms with Crippen molar-refractivity contribution in [2.24, 2.45) is 0 Å². The molecule has 0 aliphatic carbocycles. The molecule has 0 spiro atoms. The summed E-state index contributed by atoms with van der Waals surface area (Å²) in [4.78, 5) is 4.35. The lowest BCUT2D eigenvalue weighted by Gasteiger charge is -1.99. The van der Waals surface area contributed by atoms with E-state index in [9.17, 15) is 0 Å². The van der Waals surface area contributed by atoms with Gasteiger partial charge < -0.3 is 0 Å². The molecule has 0 saturated heterocycles. The standard InChI is InChI=1S/C10H9BrClN3/c1-2-9-13-10(15-14-9)7-5-6(12)3-4-8(7)11/h3-5H,2H2,1H3,(H,13,14,15). The van der Waals surface area contributed by atoms with Crippen molar-refractivity contribution in [1.29, 1.82) is 0 Å². The second-order valence-electron chi connectivity index (χ2n) is 3.08. The van der Waals surface area contributed by atoms with Gasteiger partial charge in [0, 0.05) is 21.5 Å². The van der Waals surface area contributed by atoms with Gasteiger partial charge in [-0.1, -0.05) is 34.5 Å². The lowest BCUT2D eigenvalue weighted by molar-refractivity contribution is 0.946. The maximum absolute atomic E-state index is 5.92. The van der Waals surface area contributed by atoms with Crippen LogP contribution in [0.3, 0.4) is 0 Å². The second kappa shape index (κ2) is 4.33. The first-order valence-electron chi connectivity index (χ1n) is 4.57. The van der Waals surface area contributed by atoms with E-state index in [1.54, 1.807) is 0 Å². The van der Waals surface area contributed by atoms with Gasteiger partial charge in [0.05, 0.1) is 0 Å². The van der Waals surface area contributed by atoms with E-state index in [0.29, 0.717) is 10.8 Å². The van der Waals surface area contributed by atoms with Crippen molar-refractivity contribution in [2.45, 2.75) is 13.3 Å². The molecule has 1 aromatic carbocycles. The van der Waals surface area contributed by atoms with E-state index >= 15 is 0 Å². The number of hydrogen-bond acceptors (Lipinski definition) is 2. The molecule has 0 saturated carbocycles. The van der Waals surface area contributed by atoms with Crippen LogP contribution in [0, 0.1) is 0 Å². The van der Waals surface area contributed by atoms with Gasteiger partial charge in [-0.05, 0) is 18.2 Å². The third kappa shape index (κ3) is 2.21. The molecular weight excluding hydrogens is 277 g/mol. The van der Waals surface area contributed by atoms with Crippen LogP contribution in [-0.2, 0) is 6.42 Å². The summed E-state index contributed by atoms with van der Waals surface area (Å²) in [5.41, 5.74) is 0.901. The summed E-state index contributed by atoms with van der Waals surface area (Å²) in [5, 5.41) is 7.69. The zero-order chi connectivity index (χ0) is 10.8. The molecule has 0 aliphatic rings. The lowest BCUT2D eigenvalue weighted by Crippen LogP contribution is -1.84. The maximum atomic E-state index is 5.92. The first-order valence-corrected chi connectivity index (χ1v) is 5.74. The highest BCUT2D eigenvalue weighted by Gasteiger charge is 2.09. The summed E-state index contributed by atoms with van der Waals surface area (Å²) in [6.45, 7) is 2.03. The van der Waals surface area contributed by atoms with Gasteiger partial charge >= 0.3 is 0 Å². The number of halogens is 2. The van der Waals surface area contributed by atoms with Crippen LogP contribution >= 0.6 is 27.5 Å². The highest BCUT2D eigenvalue weighted by atomic mass is 79.9. The van der Waals surface area contributed by atoms with Crippen molar-refractivity contribution in [3.8, 4) is 11.4 Å². The molecule has 78 valence electrons. The molecule has 0 atom stereocenters. The highest BCUT2D eigenvalue weighted by Crippen LogP contribution is 2.28. The van der Waals surface area contributed by atoms with Gasteiger partial charge in [-0.25, -0.2) is 4.98 Å². The number of rotatable bonds is 2. The Bertz CT molecular complexity index is 481. The minimum absolute atomic E-state index is 0.668. The third-order valence-corrected chi connectivity index (χ3v) is 2.96. The Kier molecular flexibility index (Phi) is 3.07. The molecule has 0 fully saturated rings. The Balaban J connectivity index is 2.48. The number of benzene rings is 1. The summed E-state index contributed by atoms with van der Waals surface area (Å²) >= 11 is 9.37. The van der Waals surface area contributed by atoms with Gasteiger partial charge in [0.2, 0.25) is 0 Å². The Labute approximate surface area is 101 Å². The predicted octanol–water partition coefficient (Wildman–Crippen LogP) is 3.45. The Hall–Kier alpha value is -0.870. The molecule has 0 bridgehead atoms. The van der Waals surface area contributed by atoms with E-state index in [4.69, 9.17) is 11.6 Å². The summed E-state index contributed by atoms with van der Waals surface area (Å²) < 4.78 is 0.938. The molecule has 3 nitrogen and oxygen atoms in total. The number of aromatic amines is 1. The van der Waals surface area contributed by atoms with Gasteiger partial charge in [-0.3, -0.25) is 5.10 Å². The number of hydrogen-bond donors (Lipinski definition) is 1. The third-order valence-electron chi connectivity index (χ3n) is 2.04. The summed E-state index contributed by atoms with van der Waals surface area (Å²) in [6.07, 6.45) is 0.838. The largest absolute Gasteiger partial charge is 0.263 e. The van der Waals surface area contributed by atoms with Crippen molar-refractivity contribution >= 4 is 27.5 Å². The smallest absolute Gasteiger partial charge is 0.182 e. The van der Waals surface area contributed by atoms with Gasteiger partial charge in [-0.2, -0.15) is 5.10 Å². The van der Waals surface area contributed by atoms with Crippen LogP contribution < -0.4 is 0 Å². The molecule has 15 heavy (non-hydrogen) atoms. The van der Waals surface area contributed by atoms with Crippen molar-refractivity contribution in [3.63, 3.8) is 0 Å². The number of nitrogens with zero attached hydrogens (tertiary/aromatic N) is 2. The zero-order valence-electron chi connectivity index (χ0n) is 8.09. The molecule has 0 unspecified atom stereocenters. The van der Waals surface area contributed by atoms with E-state index in [1.807, 2.05) is 25.1 Å². The Morgan fingerprint density at radius 3 is 2.93 bits per heavy atom. The van der Waals surface area contributed by atoms with Crippen LogP contribution in [0.2, 0.25) is 5.02 Å². The van der Waals surface area contributed by atoms with Crippen molar-refractivity contribution < 1.29 is 0 Å². The van der Waals surface area contributed by atoms with Gasteiger partial charge in [0.15, 0.2) is 5.82 Å². The molecule has 0 aliphatic heterocycles.